The SMILES string of the molecule is N#Cc1cccc2c1N(c1ccc3c4ccccc4n(-c4ccccc4)c3c1)C1C=Cc3c(n(-c4ccccc4)c4ccccc34)C21. The fourth-order valence-electron chi connectivity index (χ4n) is 8.24. The number of para-hydroxylation sites is 5. The second-order valence-corrected chi connectivity index (χ2v) is 12.4. The van der Waals surface area contributed by atoms with Crippen LogP contribution in [0.5, 0.6) is 0 Å². The average molecular weight is 601 g/mol. The molecular weight excluding hydrogens is 573 g/mol. The van der Waals surface area contributed by atoms with Crippen LogP contribution in [0.3, 0.4) is 0 Å². The van der Waals surface area contributed by atoms with Crippen LogP contribution in [0.2, 0.25) is 0 Å². The van der Waals surface area contributed by atoms with Crippen LogP contribution in [-0.2, 0) is 0 Å². The summed E-state index contributed by atoms with van der Waals surface area (Å²) in [7, 11) is 0. The van der Waals surface area contributed by atoms with E-state index in [9.17, 15) is 5.26 Å². The molecule has 2 unspecified atom stereocenters. The van der Waals surface area contributed by atoms with Gasteiger partial charge in [0.15, 0.2) is 0 Å². The molecule has 0 saturated heterocycles. The summed E-state index contributed by atoms with van der Waals surface area (Å²) in [4.78, 5) is 2.41. The van der Waals surface area contributed by atoms with E-state index in [1.54, 1.807) is 0 Å². The molecule has 0 N–H and O–H groups in total. The normalized spacial score (nSPS) is 16.4. The number of hydrogen-bond acceptors (Lipinski definition) is 2. The van der Waals surface area contributed by atoms with Crippen molar-refractivity contribution in [2.24, 2.45) is 0 Å². The maximum absolute atomic E-state index is 10.5. The largest absolute Gasteiger partial charge is 0.332 e. The second kappa shape index (κ2) is 9.84. The van der Waals surface area contributed by atoms with E-state index in [1.165, 1.54) is 44.0 Å². The number of hydrogen-bond donors (Lipinski definition) is 0. The molecule has 1 aliphatic heterocycles. The first-order valence-corrected chi connectivity index (χ1v) is 16.1. The smallest absolute Gasteiger partial charge is 0.101 e. The van der Waals surface area contributed by atoms with Crippen LogP contribution < -0.4 is 4.90 Å². The van der Waals surface area contributed by atoms with Gasteiger partial charge in [-0.25, -0.2) is 0 Å². The molecule has 8 aromatic rings. The van der Waals surface area contributed by atoms with Crippen molar-refractivity contribution in [3.05, 3.63) is 174 Å². The van der Waals surface area contributed by atoms with E-state index in [2.05, 4.69) is 166 Å². The predicted octanol–water partition coefficient (Wildman–Crippen LogP) is 10.3. The van der Waals surface area contributed by atoms with Gasteiger partial charge in [0.2, 0.25) is 0 Å². The Morgan fingerprint density at radius 1 is 0.532 bits per heavy atom. The number of fused-ring (bicyclic) bond motifs is 10. The maximum atomic E-state index is 10.5. The molecule has 0 radical (unpaired) electrons. The molecular formula is C43H28N4. The van der Waals surface area contributed by atoms with E-state index in [1.807, 2.05) is 12.1 Å². The summed E-state index contributed by atoms with van der Waals surface area (Å²) >= 11 is 0. The van der Waals surface area contributed by atoms with Crippen LogP contribution >= 0.6 is 0 Å². The van der Waals surface area contributed by atoms with Crippen molar-refractivity contribution in [3.63, 3.8) is 0 Å². The van der Waals surface area contributed by atoms with E-state index < -0.39 is 0 Å². The number of anilines is 2. The Bertz CT molecular complexity index is 2600. The van der Waals surface area contributed by atoms with Gasteiger partial charge in [0.1, 0.15) is 6.07 Å². The second-order valence-electron chi connectivity index (χ2n) is 12.4. The van der Waals surface area contributed by atoms with Gasteiger partial charge in [0.25, 0.3) is 0 Å². The van der Waals surface area contributed by atoms with Crippen molar-refractivity contribution in [2.75, 3.05) is 4.90 Å². The molecule has 0 fully saturated rings. The van der Waals surface area contributed by atoms with Crippen LogP contribution in [0.1, 0.15) is 28.3 Å². The highest BCUT2D eigenvalue weighted by atomic mass is 15.2. The van der Waals surface area contributed by atoms with Gasteiger partial charge < -0.3 is 14.0 Å². The molecule has 0 spiro atoms. The molecule has 2 aliphatic rings. The molecule has 3 heterocycles. The average Bonchev–Trinajstić information content (AvgIpc) is 3.77. The van der Waals surface area contributed by atoms with Crippen LogP contribution in [0.25, 0.3) is 50.2 Å². The first-order valence-electron chi connectivity index (χ1n) is 16.1. The van der Waals surface area contributed by atoms with E-state index in [-0.39, 0.29) is 12.0 Å². The van der Waals surface area contributed by atoms with Crippen molar-refractivity contribution in [3.8, 4) is 17.4 Å². The Balaban J connectivity index is 1.25. The highest BCUT2D eigenvalue weighted by Crippen LogP contribution is 2.55. The van der Waals surface area contributed by atoms with Gasteiger partial charge in [0.05, 0.1) is 39.8 Å². The number of rotatable bonds is 3. The molecule has 220 valence electrons. The molecule has 2 atom stereocenters. The summed E-state index contributed by atoms with van der Waals surface area (Å²) in [5, 5.41) is 14.2. The Kier molecular flexibility index (Phi) is 5.44. The van der Waals surface area contributed by atoms with Crippen molar-refractivity contribution in [1.82, 2.24) is 9.13 Å². The molecule has 47 heavy (non-hydrogen) atoms. The van der Waals surface area contributed by atoms with E-state index in [0.29, 0.717) is 5.56 Å². The minimum Gasteiger partial charge on any atom is -0.332 e. The Morgan fingerprint density at radius 2 is 1.17 bits per heavy atom. The molecule has 0 amide bonds. The number of nitrogens with zero attached hydrogens (tertiary/aromatic N) is 4. The molecule has 4 heteroatoms. The van der Waals surface area contributed by atoms with E-state index >= 15 is 0 Å². The summed E-state index contributed by atoms with van der Waals surface area (Å²) in [5.41, 5.74) is 12.3. The first kappa shape index (κ1) is 26.0. The lowest BCUT2D eigenvalue weighted by molar-refractivity contribution is 0.693. The molecule has 0 bridgehead atoms. The van der Waals surface area contributed by atoms with E-state index in [4.69, 9.17) is 0 Å². The van der Waals surface area contributed by atoms with Crippen LogP contribution in [-0.4, -0.2) is 15.2 Å². The molecule has 4 nitrogen and oxygen atoms in total. The summed E-state index contributed by atoms with van der Waals surface area (Å²) in [6.07, 6.45) is 4.66. The van der Waals surface area contributed by atoms with E-state index in [0.717, 1.165) is 28.3 Å². The monoisotopic (exact) mass is 600 g/mol. The number of aromatic nitrogens is 2. The summed E-state index contributed by atoms with van der Waals surface area (Å²) in [6, 6.07) is 54.2. The Morgan fingerprint density at radius 3 is 1.91 bits per heavy atom. The third-order valence-corrected chi connectivity index (χ3v) is 10.1. The zero-order chi connectivity index (χ0) is 31.1. The zero-order valence-electron chi connectivity index (χ0n) is 25.5. The van der Waals surface area contributed by atoms with Gasteiger partial charge in [-0.2, -0.15) is 5.26 Å². The molecule has 2 aromatic heterocycles. The first-order chi connectivity index (χ1) is 23.3. The lowest BCUT2D eigenvalue weighted by atomic mass is 9.84. The zero-order valence-corrected chi connectivity index (χ0v) is 25.5. The summed E-state index contributed by atoms with van der Waals surface area (Å²) < 4.78 is 4.80. The third kappa shape index (κ3) is 3.57. The summed E-state index contributed by atoms with van der Waals surface area (Å²) in [5.74, 6) is 0.0292. The lowest BCUT2D eigenvalue weighted by Gasteiger charge is -2.32. The minimum atomic E-state index is -0.00854. The van der Waals surface area contributed by atoms with Gasteiger partial charge in [0, 0.05) is 44.5 Å². The van der Waals surface area contributed by atoms with Crippen LogP contribution in [0, 0.1) is 11.3 Å². The quantitative estimate of drug-likeness (QED) is 0.202. The third-order valence-electron chi connectivity index (χ3n) is 10.1. The topological polar surface area (TPSA) is 36.9 Å². The maximum Gasteiger partial charge on any atom is 0.101 e. The summed E-state index contributed by atoms with van der Waals surface area (Å²) in [6.45, 7) is 0. The van der Waals surface area contributed by atoms with Crippen molar-refractivity contribution in [2.45, 2.75) is 12.0 Å². The van der Waals surface area contributed by atoms with Crippen molar-refractivity contribution in [1.29, 1.82) is 5.26 Å². The highest BCUT2D eigenvalue weighted by Gasteiger charge is 2.45. The standard InChI is InChI=1S/C43H28N4/c44-27-28-12-11-19-36-41-39(25-24-35-33-18-8-10-21-38(33)46(43(35)41)30-15-5-2-6-16-30)47(42(28)36)31-22-23-34-32-17-7-9-20-37(32)45(40(34)26-31)29-13-3-1-4-14-29/h1-26,39,41H. The fraction of sp³-hybridized carbons (Fsp3) is 0.0465. The highest BCUT2D eigenvalue weighted by molar-refractivity contribution is 6.10. The van der Waals surface area contributed by atoms with Gasteiger partial charge in [-0.1, -0.05) is 103 Å². The van der Waals surface area contributed by atoms with Gasteiger partial charge >= 0.3 is 0 Å². The van der Waals surface area contributed by atoms with Gasteiger partial charge in [-0.3, -0.25) is 0 Å². The molecule has 6 aromatic carbocycles. The molecule has 0 saturated carbocycles. The number of benzene rings is 6. The predicted molar refractivity (Wildman–Crippen MR) is 192 cm³/mol. The minimum absolute atomic E-state index is 0.00854. The lowest BCUT2D eigenvalue weighted by Crippen LogP contribution is -2.31. The molecule has 10 rings (SSSR count). The van der Waals surface area contributed by atoms with Crippen molar-refractivity contribution < 1.29 is 0 Å². The van der Waals surface area contributed by atoms with Crippen LogP contribution in [0.15, 0.2) is 152 Å². The van der Waals surface area contributed by atoms with Crippen molar-refractivity contribution >= 4 is 50.2 Å². The molecule has 1 aliphatic carbocycles. The Labute approximate surface area is 272 Å². The number of nitriles is 1. The Hall–Kier alpha value is -6.31. The van der Waals surface area contributed by atoms with Crippen LogP contribution in [0.4, 0.5) is 11.4 Å². The van der Waals surface area contributed by atoms with Gasteiger partial charge in [-0.15, -0.1) is 0 Å². The fourth-order valence-corrected chi connectivity index (χ4v) is 8.24. The van der Waals surface area contributed by atoms with Gasteiger partial charge in [-0.05, 0) is 60.2 Å².